The van der Waals surface area contributed by atoms with Gasteiger partial charge in [0.05, 0.1) is 41.3 Å². The number of carbonyl (C=O) groups is 3. The van der Waals surface area contributed by atoms with E-state index >= 15 is 0 Å². The summed E-state index contributed by atoms with van der Waals surface area (Å²) in [6, 6.07) is 6.83. The van der Waals surface area contributed by atoms with Crippen LogP contribution < -0.4 is 19.5 Å². The molecule has 232 valence electrons. The highest BCUT2D eigenvalue weighted by molar-refractivity contribution is 9.10. The van der Waals surface area contributed by atoms with Crippen molar-refractivity contribution in [3.8, 4) is 11.5 Å². The smallest absolute Gasteiger partial charge is 0.417 e. The second-order valence-corrected chi connectivity index (χ2v) is 12.4. The van der Waals surface area contributed by atoms with E-state index < -0.39 is 23.5 Å². The fraction of sp³-hybridized carbons (Fsp3) is 0.310. The van der Waals surface area contributed by atoms with Gasteiger partial charge in [-0.3, -0.25) is 24.3 Å². The van der Waals surface area contributed by atoms with Crippen LogP contribution in [0.4, 0.5) is 4.79 Å². The van der Waals surface area contributed by atoms with E-state index in [0.29, 0.717) is 37.4 Å². The monoisotopic (exact) mass is 704 g/mol. The highest BCUT2D eigenvalue weighted by Crippen LogP contribution is 2.34. The van der Waals surface area contributed by atoms with Crippen LogP contribution in [0.5, 0.6) is 11.5 Å². The number of hydrogen-bond donors (Lipinski definition) is 2. The third-order valence-corrected chi connectivity index (χ3v) is 7.48. The Kier molecular flexibility index (Phi) is 11.1. The zero-order valence-electron chi connectivity index (χ0n) is 24.3. The Morgan fingerprint density at radius 3 is 2.68 bits per heavy atom. The number of benzene rings is 1. The summed E-state index contributed by atoms with van der Waals surface area (Å²) in [6.45, 7) is 5.45. The number of amides is 3. The number of carbonyl (C=O) groups excluding carboxylic acids is 3. The average Bonchev–Trinajstić information content (AvgIpc) is 2.97. The van der Waals surface area contributed by atoms with Crippen LogP contribution in [-0.2, 0) is 27.5 Å². The quantitative estimate of drug-likeness (QED) is 0.212. The van der Waals surface area contributed by atoms with Gasteiger partial charge in [-0.05, 0) is 66.8 Å². The summed E-state index contributed by atoms with van der Waals surface area (Å²) in [5, 5.41) is 3.57. The first-order valence-electron chi connectivity index (χ1n) is 13.3. The van der Waals surface area contributed by atoms with E-state index in [2.05, 4.69) is 40.9 Å². The van der Waals surface area contributed by atoms with Crippen LogP contribution in [0.3, 0.4) is 0 Å². The van der Waals surface area contributed by atoms with Crippen molar-refractivity contribution >= 4 is 57.4 Å². The molecule has 1 aliphatic rings. The number of para-hydroxylation sites is 1. The molecule has 1 aromatic carbocycles. The molecule has 0 unspecified atom stereocenters. The Morgan fingerprint density at radius 2 is 1.95 bits per heavy atom. The molecule has 2 aromatic heterocycles. The van der Waals surface area contributed by atoms with E-state index in [9.17, 15) is 14.4 Å². The summed E-state index contributed by atoms with van der Waals surface area (Å²) in [7, 11) is 1.46. The first kappa shape index (κ1) is 33.0. The van der Waals surface area contributed by atoms with Gasteiger partial charge in [-0.1, -0.05) is 17.7 Å². The van der Waals surface area contributed by atoms with E-state index in [1.165, 1.54) is 7.11 Å². The predicted molar refractivity (Wildman–Crippen MR) is 167 cm³/mol. The van der Waals surface area contributed by atoms with Crippen LogP contribution in [0.15, 0.2) is 69.8 Å². The third kappa shape index (κ3) is 8.61. The number of pyridine rings is 1. The molecule has 44 heavy (non-hydrogen) atoms. The zero-order chi connectivity index (χ0) is 31.9. The molecule has 0 fully saturated rings. The predicted octanol–water partition coefficient (Wildman–Crippen LogP) is 5.21. The highest BCUT2D eigenvalue weighted by Gasteiger charge is 2.37. The SMILES string of the molecule is COc1c(Cl)cccc1SNC(=O)C1=C(NCc2ccncc2OCc2cncc(Br)n2)CCN(C(=O)OC(C)(C)C)C1=O. The highest BCUT2D eigenvalue weighted by atomic mass is 79.9. The van der Waals surface area contributed by atoms with Crippen LogP contribution in [0.2, 0.25) is 5.02 Å². The van der Waals surface area contributed by atoms with Gasteiger partial charge in [-0.2, -0.15) is 0 Å². The largest absolute Gasteiger partial charge is 0.494 e. The molecule has 0 bridgehead atoms. The van der Waals surface area contributed by atoms with Gasteiger partial charge in [0.25, 0.3) is 11.8 Å². The first-order chi connectivity index (χ1) is 21.0. The molecule has 4 rings (SSSR count). The summed E-state index contributed by atoms with van der Waals surface area (Å²) in [5.74, 6) is -0.647. The molecule has 0 spiro atoms. The summed E-state index contributed by atoms with van der Waals surface area (Å²) >= 11 is 10.4. The lowest BCUT2D eigenvalue weighted by molar-refractivity contribution is -0.130. The molecule has 15 heteroatoms. The van der Waals surface area contributed by atoms with Crippen molar-refractivity contribution in [1.29, 1.82) is 0 Å². The van der Waals surface area contributed by atoms with Crippen molar-refractivity contribution in [3.63, 3.8) is 0 Å². The summed E-state index contributed by atoms with van der Waals surface area (Å²) < 4.78 is 20.0. The molecule has 3 amide bonds. The zero-order valence-corrected chi connectivity index (χ0v) is 27.5. The van der Waals surface area contributed by atoms with Crippen LogP contribution in [0.25, 0.3) is 0 Å². The van der Waals surface area contributed by atoms with E-state index in [1.807, 2.05) is 0 Å². The van der Waals surface area contributed by atoms with Gasteiger partial charge in [0.15, 0.2) is 5.75 Å². The lowest BCUT2D eigenvalue weighted by atomic mass is 10.0. The number of ether oxygens (including phenoxy) is 3. The number of aromatic nitrogens is 3. The summed E-state index contributed by atoms with van der Waals surface area (Å²) in [6.07, 6.45) is 5.69. The van der Waals surface area contributed by atoms with Gasteiger partial charge in [0, 0.05) is 37.0 Å². The van der Waals surface area contributed by atoms with E-state index in [4.69, 9.17) is 25.8 Å². The van der Waals surface area contributed by atoms with Crippen LogP contribution >= 0.6 is 39.5 Å². The third-order valence-electron chi connectivity index (χ3n) is 5.97. The standard InChI is InChI=1S/C29H30BrClN6O6S/c1-29(2,3)43-28(40)37-11-9-20(24(27(37)39)26(38)36-44-22-7-5-6-19(31)25(22)41-4)34-12-17-8-10-32-14-21(17)42-16-18-13-33-15-23(30)35-18/h5-8,10,13-15,34H,9,11-12,16H2,1-4H3,(H,36,38). The molecule has 2 N–H and O–H groups in total. The van der Waals surface area contributed by atoms with E-state index in [1.54, 1.807) is 69.8 Å². The minimum Gasteiger partial charge on any atom is -0.494 e. The summed E-state index contributed by atoms with van der Waals surface area (Å²) in [5.41, 5.74) is 0.622. The molecule has 0 saturated heterocycles. The maximum absolute atomic E-state index is 13.6. The van der Waals surface area contributed by atoms with Crippen molar-refractivity contribution in [2.45, 2.75) is 50.8 Å². The molecular weight excluding hydrogens is 676 g/mol. The fourth-order valence-electron chi connectivity index (χ4n) is 4.02. The average molecular weight is 706 g/mol. The van der Waals surface area contributed by atoms with Gasteiger partial charge in [-0.15, -0.1) is 0 Å². The number of hydrogen-bond acceptors (Lipinski definition) is 11. The van der Waals surface area contributed by atoms with Crippen molar-refractivity contribution in [1.82, 2.24) is 29.9 Å². The molecule has 3 aromatic rings. The number of methoxy groups -OCH3 is 1. The van der Waals surface area contributed by atoms with Crippen LogP contribution in [0, 0.1) is 0 Å². The first-order valence-corrected chi connectivity index (χ1v) is 15.3. The second-order valence-electron chi connectivity index (χ2n) is 10.3. The number of nitrogens with zero attached hydrogens (tertiary/aromatic N) is 4. The molecule has 0 radical (unpaired) electrons. The topological polar surface area (TPSA) is 145 Å². The molecule has 0 atom stereocenters. The Morgan fingerprint density at radius 1 is 1.16 bits per heavy atom. The van der Waals surface area contributed by atoms with Crippen molar-refractivity contribution in [2.24, 2.45) is 0 Å². The maximum Gasteiger partial charge on any atom is 0.417 e. The van der Waals surface area contributed by atoms with Gasteiger partial charge < -0.3 is 19.5 Å². The van der Waals surface area contributed by atoms with Crippen LogP contribution in [0.1, 0.15) is 38.4 Å². The van der Waals surface area contributed by atoms with Gasteiger partial charge >= 0.3 is 6.09 Å². The number of rotatable bonds is 10. The van der Waals surface area contributed by atoms with Crippen molar-refractivity contribution in [3.05, 3.63) is 81.2 Å². The van der Waals surface area contributed by atoms with E-state index in [0.717, 1.165) is 22.4 Å². The Labute approximate surface area is 272 Å². The molecule has 3 heterocycles. The molecular formula is C29H30BrClN6O6S. The fourth-order valence-corrected chi connectivity index (χ4v) is 5.41. The van der Waals surface area contributed by atoms with Gasteiger partial charge in [0.2, 0.25) is 0 Å². The van der Waals surface area contributed by atoms with Crippen molar-refractivity contribution in [2.75, 3.05) is 13.7 Å². The molecule has 12 nitrogen and oxygen atoms in total. The van der Waals surface area contributed by atoms with Gasteiger partial charge in [-0.25, -0.2) is 14.7 Å². The van der Waals surface area contributed by atoms with E-state index in [-0.39, 0.29) is 31.7 Å². The lowest BCUT2D eigenvalue weighted by Crippen LogP contribution is -2.48. The van der Waals surface area contributed by atoms with Crippen molar-refractivity contribution < 1.29 is 28.6 Å². The Hall–Kier alpha value is -3.88. The number of halogens is 2. The summed E-state index contributed by atoms with van der Waals surface area (Å²) in [4.78, 5) is 54.0. The van der Waals surface area contributed by atoms with Crippen LogP contribution in [-0.4, -0.2) is 57.0 Å². The Balaban J connectivity index is 1.57. The molecule has 0 saturated carbocycles. The maximum atomic E-state index is 13.6. The normalized spacial score (nSPS) is 13.4. The van der Waals surface area contributed by atoms with Gasteiger partial charge in [0.1, 0.15) is 28.1 Å². The number of imide groups is 1. The Bertz CT molecular complexity index is 1580. The molecule has 1 aliphatic heterocycles. The number of nitrogens with one attached hydrogen (secondary N) is 2. The minimum absolute atomic E-state index is 0.0172. The molecule has 0 aliphatic carbocycles. The lowest BCUT2D eigenvalue weighted by Gasteiger charge is -2.31. The minimum atomic E-state index is -0.837. The second kappa shape index (κ2) is 14.7.